The van der Waals surface area contributed by atoms with Gasteiger partial charge in [-0.3, -0.25) is 15.2 Å². The van der Waals surface area contributed by atoms with E-state index in [9.17, 15) is 20.3 Å². The molecular formula is C27H19N5O5. The number of aliphatic hydroxyl groups excluding tert-OH is 1. The number of nitrogens with one attached hydrogen (secondary N) is 1. The van der Waals surface area contributed by atoms with Gasteiger partial charge in [0.05, 0.1) is 10.6 Å². The highest BCUT2D eigenvalue weighted by Crippen LogP contribution is 2.40. The standard InChI is InChI=1S/C27H19N5O5/c33-19-12-10-17(11-13-19)25-26(32(35)36)24(27(34)22-14-18-8-4-5-9-21(18)37-22)30-31(25)23-15-20(28-29-23)16-6-2-1-3-7-16/h1-15,27,33-34H,(H,28,29). The van der Waals surface area contributed by atoms with Crippen LogP contribution in [0.1, 0.15) is 17.6 Å². The highest BCUT2D eigenvalue weighted by atomic mass is 16.6. The molecule has 0 radical (unpaired) electrons. The van der Waals surface area contributed by atoms with Crippen molar-refractivity contribution < 1.29 is 19.6 Å². The van der Waals surface area contributed by atoms with Gasteiger partial charge in [0.25, 0.3) is 0 Å². The predicted octanol–water partition coefficient (Wildman–Crippen LogP) is 5.37. The molecule has 0 amide bonds. The number of benzene rings is 3. The molecule has 3 aromatic heterocycles. The molecule has 3 N–H and O–H groups in total. The number of hydrogen-bond acceptors (Lipinski definition) is 7. The fourth-order valence-corrected chi connectivity index (χ4v) is 4.29. The summed E-state index contributed by atoms with van der Waals surface area (Å²) in [7, 11) is 0. The van der Waals surface area contributed by atoms with Crippen molar-refractivity contribution in [2.45, 2.75) is 6.10 Å². The molecule has 0 saturated heterocycles. The Morgan fingerprint density at radius 1 is 0.946 bits per heavy atom. The summed E-state index contributed by atoms with van der Waals surface area (Å²) >= 11 is 0. The van der Waals surface area contributed by atoms with Crippen molar-refractivity contribution in [1.29, 1.82) is 0 Å². The molecule has 3 heterocycles. The first kappa shape index (κ1) is 22.3. The summed E-state index contributed by atoms with van der Waals surface area (Å²) in [6.45, 7) is 0. The van der Waals surface area contributed by atoms with Crippen molar-refractivity contribution in [1.82, 2.24) is 20.0 Å². The minimum Gasteiger partial charge on any atom is -0.508 e. The molecule has 37 heavy (non-hydrogen) atoms. The van der Waals surface area contributed by atoms with Crippen LogP contribution in [-0.4, -0.2) is 35.1 Å². The van der Waals surface area contributed by atoms with E-state index in [1.165, 1.54) is 28.9 Å². The molecule has 0 aliphatic carbocycles. The van der Waals surface area contributed by atoms with Crippen LogP contribution in [0.4, 0.5) is 5.69 Å². The number of rotatable bonds is 6. The summed E-state index contributed by atoms with van der Waals surface area (Å²) in [4.78, 5) is 11.8. The van der Waals surface area contributed by atoms with Gasteiger partial charge >= 0.3 is 5.69 Å². The maximum Gasteiger partial charge on any atom is 0.321 e. The number of furan rings is 1. The maximum atomic E-state index is 12.4. The molecule has 10 nitrogen and oxygen atoms in total. The number of hydrogen-bond donors (Lipinski definition) is 3. The summed E-state index contributed by atoms with van der Waals surface area (Å²) in [6.07, 6.45) is -1.52. The number of phenolic OH excluding ortho intramolecular Hbond substituents is 1. The van der Waals surface area contributed by atoms with Crippen molar-refractivity contribution >= 4 is 16.7 Å². The number of aromatic amines is 1. The second-order valence-corrected chi connectivity index (χ2v) is 8.39. The Morgan fingerprint density at radius 3 is 2.41 bits per heavy atom. The van der Waals surface area contributed by atoms with Crippen LogP contribution in [0.3, 0.4) is 0 Å². The number of aromatic hydroxyl groups is 1. The maximum absolute atomic E-state index is 12.4. The number of aliphatic hydroxyl groups is 1. The number of phenols is 1. The molecule has 0 bridgehead atoms. The summed E-state index contributed by atoms with van der Waals surface area (Å²) in [5.41, 5.74) is 2.00. The van der Waals surface area contributed by atoms with Crippen molar-refractivity contribution in [3.63, 3.8) is 0 Å². The van der Waals surface area contributed by atoms with E-state index >= 15 is 0 Å². The molecule has 0 aliphatic rings. The number of nitro groups is 1. The van der Waals surface area contributed by atoms with E-state index in [2.05, 4.69) is 15.3 Å². The lowest BCUT2D eigenvalue weighted by Gasteiger charge is -2.04. The highest BCUT2D eigenvalue weighted by molar-refractivity contribution is 5.79. The van der Waals surface area contributed by atoms with Crippen LogP contribution >= 0.6 is 0 Å². The Kier molecular flexibility index (Phi) is 5.28. The minimum absolute atomic E-state index is 0.00568. The van der Waals surface area contributed by atoms with Gasteiger partial charge in [-0.05, 0) is 42.0 Å². The van der Waals surface area contributed by atoms with Gasteiger partial charge < -0.3 is 14.6 Å². The van der Waals surface area contributed by atoms with Crippen LogP contribution in [0.15, 0.2) is 95.4 Å². The average molecular weight is 493 g/mol. The third kappa shape index (κ3) is 3.91. The molecule has 0 spiro atoms. The van der Waals surface area contributed by atoms with E-state index < -0.39 is 16.7 Å². The van der Waals surface area contributed by atoms with Crippen molar-refractivity contribution in [3.05, 3.63) is 113 Å². The summed E-state index contributed by atoms with van der Waals surface area (Å²) < 4.78 is 7.09. The Bertz CT molecular complexity index is 1700. The van der Waals surface area contributed by atoms with E-state index in [0.29, 0.717) is 16.8 Å². The molecule has 10 heteroatoms. The van der Waals surface area contributed by atoms with Crippen molar-refractivity contribution in [2.24, 2.45) is 0 Å². The van der Waals surface area contributed by atoms with Gasteiger partial charge in [0.15, 0.2) is 23.3 Å². The molecule has 6 aromatic rings. The van der Waals surface area contributed by atoms with Gasteiger partial charge in [0.2, 0.25) is 0 Å². The zero-order valence-corrected chi connectivity index (χ0v) is 19.1. The van der Waals surface area contributed by atoms with Gasteiger partial charge in [0, 0.05) is 17.0 Å². The Hall–Kier alpha value is -5.22. The fourth-order valence-electron chi connectivity index (χ4n) is 4.29. The minimum atomic E-state index is -1.52. The van der Waals surface area contributed by atoms with Crippen LogP contribution in [0, 0.1) is 10.1 Å². The van der Waals surface area contributed by atoms with Gasteiger partial charge in [-0.25, -0.2) is 4.68 Å². The second-order valence-electron chi connectivity index (χ2n) is 8.39. The smallest absolute Gasteiger partial charge is 0.321 e. The first-order chi connectivity index (χ1) is 18.0. The van der Waals surface area contributed by atoms with Crippen molar-refractivity contribution in [3.8, 4) is 34.1 Å². The third-order valence-corrected chi connectivity index (χ3v) is 6.05. The normalized spacial score (nSPS) is 12.1. The fraction of sp³-hybridized carbons (Fsp3) is 0.0370. The lowest BCUT2D eigenvalue weighted by molar-refractivity contribution is -0.385. The van der Waals surface area contributed by atoms with Crippen LogP contribution in [0.25, 0.3) is 39.3 Å². The summed E-state index contributed by atoms with van der Waals surface area (Å²) in [5, 5.41) is 45.9. The topological polar surface area (TPSA) is 143 Å². The first-order valence-electron chi connectivity index (χ1n) is 11.3. The second kappa shape index (κ2) is 8.77. The predicted molar refractivity (Wildman–Crippen MR) is 135 cm³/mol. The molecule has 0 saturated carbocycles. The zero-order valence-electron chi connectivity index (χ0n) is 19.1. The molecule has 6 rings (SSSR count). The number of H-pyrrole nitrogens is 1. The molecule has 0 fully saturated rings. The number of aromatic nitrogens is 4. The van der Waals surface area contributed by atoms with Gasteiger partial charge in [-0.15, -0.1) is 0 Å². The van der Waals surface area contributed by atoms with Crippen LogP contribution in [0.5, 0.6) is 5.75 Å². The van der Waals surface area contributed by atoms with Gasteiger partial charge in [-0.1, -0.05) is 48.5 Å². The Morgan fingerprint density at radius 2 is 1.68 bits per heavy atom. The van der Waals surface area contributed by atoms with Crippen LogP contribution < -0.4 is 0 Å². The Labute approximate surface area is 209 Å². The summed E-state index contributed by atoms with van der Waals surface area (Å²) in [5.74, 6) is 0.414. The van der Waals surface area contributed by atoms with Crippen molar-refractivity contribution in [2.75, 3.05) is 0 Å². The monoisotopic (exact) mass is 493 g/mol. The van der Waals surface area contributed by atoms with Gasteiger partial charge in [-0.2, -0.15) is 10.2 Å². The molecular weight excluding hydrogens is 474 g/mol. The average Bonchev–Trinajstić information content (AvgIpc) is 3.66. The van der Waals surface area contributed by atoms with Crippen LogP contribution in [0.2, 0.25) is 0 Å². The van der Waals surface area contributed by atoms with E-state index in [1.54, 1.807) is 24.3 Å². The summed E-state index contributed by atoms with van der Waals surface area (Å²) in [6, 6.07) is 25.9. The molecule has 3 aromatic carbocycles. The largest absolute Gasteiger partial charge is 0.508 e. The van der Waals surface area contributed by atoms with E-state index in [0.717, 1.165) is 10.9 Å². The van der Waals surface area contributed by atoms with E-state index in [-0.39, 0.29) is 28.7 Å². The van der Waals surface area contributed by atoms with Gasteiger partial charge in [0.1, 0.15) is 17.1 Å². The van der Waals surface area contributed by atoms with E-state index in [4.69, 9.17) is 4.42 Å². The van der Waals surface area contributed by atoms with Crippen LogP contribution in [-0.2, 0) is 0 Å². The third-order valence-electron chi connectivity index (χ3n) is 6.05. The Balaban J connectivity index is 1.55. The lowest BCUT2D eigenvalue weighted by Crippen LogP contribution is -2.04. The molecule has 182 valence electrons. The zero-order chi connectivity index (χ0) is 25.5. The quantitative estimate of drug-likeness (QED) is 0.209. The number of nitrogens with zero attached hydrogens (tertiary/aromatic N) is 4. The first-order valence-corrected chi connectivity index (χ1v) is 11.3. The molecule has 0 aliphatic heterocycles. The number of para-hydroxylation sites is 1. The van der Waals surface area contributed by atoms with E-state index in [1.807, 2.05) is 42.5 Å². The lowest BCUT2D eigenvalue weighted by atomic mass is 10.1. The molecule has 1 atom stereocenters. The SMILES string of the molecule is O=[N+]([O-])c1c(C(O)c2cc3ccccc3o2)nn(-c2cc(-c3ccccc3)[nH]n2)c1-c1ccc(O)cc1. The highest BCUT2D eigenvalue weighted by Gasteiger charge is 2.36. The number of fused-ring (bicyclic) bond motifs is 1. The molecule has 1 unspecified atom stereocenters.